The first-order chi connectivity index (χ1) is 17.9. The van der Waals surface area contributed by atoms with E-state index in [1.54, 1.807) is 0 Å². The fourth-order valence-electron chi connectivity index (χ4n) is 5.32. The predicted octanol–water partition coefficient (Wildman–Crippen LogP) is 9.60. The summed E-state index contributed by atoms with van der Waals surface area (Å²) in [6.45, 7) is 15.5. The highest BCUT2D eigenvalue weighted by molar-refractivity contribution is 8.30. The van der Waals surface area contributed by atoms with E-state index in [1.807, 2.05) is 0 Å². The fourth-order valence-corrected chi connectivity index (χ4v) is 9.45. The Morgan fingerprint density at radius 1 is 0.622 bits per heavy atom. The van der Waals surface area contributed by atoms with Crippen LogP contribution in [-0.4, -0.2) is 5.97 Å². The van der Waals surface area contributed by atoms with Gasteiger partial charge in [0.15, 0.2) is 0 Å². The average molecular weight is 519 g/mol. The molecule has 0 aliphatic heterocycles. The minimum Gasteiger partial charge on any atom is -0.402 e. The van der Waals surface area contributed by atoms with Gasteiger partial charge in [-0.3, -0.25) is 4.79 Å². The highest BCUT2D eigenvalue weighted by Gasteiger charge is 2.41. The number of rotatable bonds is 12. The van der Waals surface area contributed by atoms with Gasteiger partial charge in [-0.05, 0) is 101 Å². The van der Waals surface area contributed by atoms with Gasteiger partial charge in [0.2, 0.25) is 0 Å². The molecular formula is C34H46O2S. The SMILES string of the molecule is CCCC(=O)OS(c1ccccc1)(c1c(CC)cc(CC)cc1CC)c1c(CC)cc(CC)cc1CC. The summed E-state index contributed by atoms with van der Waals surface area (Å²) in [6, 6.07) is 20.1. The van der Waals surface area contributed by atoms with Gasteiger partial charge in [-0.15, -0.1) is 0 Å². The Morgan fingerprint density at radius 3 is 1.35 bits per heavy atom. The minimum absolute atomic E-state index is 0.103. The van der Waals surface area contributed by atoms with Crippen molar-refractivity contribution in [2.24, 2.45) is 0 Å². The topological polar surface area (TPSA) is 26.3 Å². The van der Waals surface area contributed by atoms with Crippen LogP contribution < -0.4 is 0 Å². The molecule has 0 saturated carbocycles. The van der Waals surface area contributed by atoms with Crippen molar-refractivity contribution >= 4 is 16.3 Å². The van der Waals surface area contributed by atoms with E-state index in [9.17, 15) is 4.79 Å². The first kappa shape index (κ1) is 29.0. The van der Waals surface area contributed by atoms with E-state index >= 15 is 0 Å². The van der Waals surface area contributed by atoms with Gasteiger partial charge in [0, 0.05) is 21.1 Å². The number of carbonyl (C=O) groups is 1. The molecule has 0 unspecified atom stereocenters. The molecule has 0 aliphatic carbocycles. The Kier molecular flexibility index (Phi) is 10.5. The maximum atomic E-state index is 13.6. The largest absolute Gasteiger partial charge is 0.402 e. The molecular weight excluding hydrogens is 472 g/mol. The monoisotopic (exact) mass is 518 g/mol. The molecule has 3 rings (SSSR count). The standard InChI is InChI=1S/C34H46O2S/c1-8-18-32(35)36-37(31-19-16-15-17-20-31,33-27(11-4)21-25(9-2)22-28(33)12-5)34-29(13-6)23-26(10-3)24-30(34)14-7/h15-17,19-24H,8-14,18H2,1-7H3. The summed E-state index contributed by atoms with van der Waals surface area (Å²) in [5, 5.41) is 0. The first-order valence-electron chi connectivity index (χ1n) is 14.3. The molecule has 0 amide bonds. The summed E-state index contributed by atoms with van der Waals surface area (Å²) in [4.78, 5) is 17.2. The molecule has 0 heterocycles. The minimum atomic E-state index is -2.32. The van der Waals surface area contributed by atoms with Crippen molar-refractivity contribution in [2.45, 2.75) is 115 Å². The van der Waals surface area contributed by atoms with Crippen molar-refractivity contribution < 1.29 is 8.98 Å². The van der Waals surface area contributed by atoms with E-state index in [4.69, 9.17) is 4.18 Å². The molecule has 200 valence electrons. The summed E-state index contributed by atoms with van der Waals surface area (Å²) >= 11 is 0. The summed E-state index contributed by atoms with van der Waals surface area (Å²) < 4.78 is 7.00. The van der Waals surface area contributed by atoms with Crippen LogP contribution in [0.15, 0.2) is 69.3 Å². The van der Waals surface area contributed by atoms with Crippen LogP contribution in [-0.2, 0) is 47.5 Å². The van der Waals surface area contributed by atoms with Crippen LogP contribution in [0.3, 0.4) is 0 Å². The lowest BCUT2D eigenvalue weighted by molar-refractivity contribution is -0.133. The molecule has 0 saturated heterocycles. The van der Waals surface area contributed by atoms with Crippen molar-refractivity contribution in [3.05, 3.63) is 88.0 Å². The van der Waals surface area contributed by atoms with E-state index in [-0.39, 0.29) is 5.97 Å². The Morgan fingerprint density at radius 2 is 1.03 bits per heavy atom. The van der Waals surface area contributed by atoms with E-state index in [0.29, 0.717) is 6.42 Å². The van der Waals surface area contributed by atoms with Crippen LogP contribution in [0.5, 0.6) is 0 Å². The number of hydrogen-bond acceptors (Lipinski definition) is 2. The van der Waals surface area contributed by atoms with Gasteiger partial charge < -0.3 is 4.18 Å². The van der Waals surface area contributed by atoms with Gasteiger partial charge in [0.05, 0.1) is 0 Å². The highest BCUT2D eigenvalue weighted by Crippen LogP contribution is 2.72. The van der Waals surface area contributed by atoms with Crippen molar-refractivity contribution in [3.63, 3.8) is 0 Å². The molecule has 3 aromatic carbocycles. The maximum absolute atomic E-state index is 13.6. The van der Waals surface area contributed by atoms with Crippen molar-refractivity contribution in [1.29, 1.82) is 0 Å². The molecule has 0 fully saturated rings. The number of aryl methyl sites for hydroxylation is 6. The Labute approximate surface area is 227 Å². The van der Waals surface area contributed by atoms with Crippen molar-refractivity contribution in [1.82, 2.24) is 0 Å². The highest BCUT2D eigenvalue weighted by atomic mass is 32.3. The zero-order valence-electron chi connectivity index (χ0n) is 24.1. The van der Waals surface area contributed by atoms with Crippen LogP contribution in [0.25, 0.3) is 0 Å². The third kappa shape index (κ3) is 5.82. The predicted molar refractivity (Wildman–Crippen MR) is 159 cm³/mol. The summed E-state index contributed by atoms with van der Waals surface area (Å²) in [5.41, 5.74) is 7.94. The van der Waals surface area contributed by atoms with E-state index in [2.05, 4.69) is 103 Å². The lowest BCUT2D eigenvalue weighted by Gasteiger charge is -2.44. The molecule has 0 radical (unpaired) electrons. The Bertz CT molecular complexity index is 1080. The van der Waals surface area contributed by atoms with Gasteiger partial charge in [0.25, 0.3) is 0 Å². The Balaban J connectivity index is 2.63. The second kappa shape index (κ2) is 13.3. The number of carbonyl (C=O) groups excluding carboxylic acids is 1. The second-order valence-corrected chi connectivity index (χ2v) is 12.2. The first-order valence-corrected chi connectivity index (χ1v) is 15.9. The maximum Gasteiger partial charge on any atom is 0.317 e. The van der Waals surface area contributed by atoms with Gasteiger partial charge in [-0.1, -0.05) is 90.9 Å². The van der Waals surface area contributed by atoms with Gasteiger partial charge in [-0.25, -0.2) is 0 Å². The van der Waals surface area contributed by atoms with Crippen LogP contribution >= 0.6 is 10.3 Å². The molecule has 3 heteroatoms. The smallest absolute Gasteiger partial charge is 0.317 e. The molecule has 0 aromatic heterocycles. The second-order valence-electron chi connectivity index (χ2n) is 9.68. The van der Waals surface area contributed by atoms with Gasteiger partial charge in [0.1, 0.15) is 0 Å². The zero-order valence-corrected chi connectivity index (χ0v) is 24.9. The van der Waals surface area contributed by atoms with Crippen LogP contribution in [0.2, 0.25) is 0 Å². The van der Waals surface area contributed by atoms with E-state index < -0.39 is 10.3 Å². The molecule has 0 atom stereocenters. The molecule has 37 heavy (non-hydrogen) atoms. The van der Waals surface area contributed by atoms with Crippen molar-refractivity contribution in [3.8, 4) is 0 Å². The third-order valence-electron chi connectivity index (χ3n) is 7.27. The number of hydrogen-bond donors (Lipinski definition) is 0. The normalized spacial score (nSPS) is 12.0. The molecule has 3 aromatic rings. The van der Waals surface area contributed by atoms with E-state index in [1.165, 1.54) is 43.2 Å². The molecule has 0 bridgehead atoms. The van der Waals surface area contributed by atoms with Crippen LogP contribution in [0.4, 0.5) is 0 Å². The molecule has 0 spiro atoms. The lowest BCUT2D eigenvalue weighted by Crippen LogP contribution is -2.19. The lowest BCUT2D eigenvalue weighted by atomic mass is 10.0. The van der Waals surface area contributed by atoms with Crippen LogP contribution in [0.1, 0.15) is 94.7 Å². The zero-order chi connectivity index (χ0) is 27.0. The summed E-state index contributed by atoms with van der Waals surface area (Å²) in [7, 11) is -2.32. The summed E-state index contributed by atoms with van der Waals surface area (Å²) in [6.07, 6.45) is 6.79. The summed E-state index contributed by atoms with van der Waals surface area (Å²) in [5.74, 6) is -0.103. The molecule has 2 nitrogen and oxygen atoms in total. The van der Waals surface area contributed by atoms with Gasteiger partial charge in [-0.2, -0.15) is 0 Å². The average Bonchev–Trinajstić information content (AvgIpc) is 2.95. The molecule has 0 N–H and O–H groups in total. The van der Waals surface area contributed by atoms with Crippen LogP contribution in [0, 0.1) is 0 Å². The van der Waals surface area contributed by atoms with Crippen molar-refractivity contribution in [2.75, 3.05) is 0 Å². The Hall–Kier alpha value is -2.52. The number of benzene rings is 3. The third-order valence-corrected chi connectivity index (χ3v) is 10.8. The quantitative estimate of drug-likeness (QED) is 0.238. The fraction of sp³-hybridized carbons (Fsp3) is 0.441. The van der Waals surface area contributed by atoms with Gasteiger partial charge >= 0.3 is 5.97 Å². The molecule has 0 aliphatic rings. The van der Waals surface area contributed by atoms with E-state index in [0.717, 1.165) is 49.8 Å².